The number of rotatable bonds is 5. The van der Waals surface area contributed by atoms with Gasteiger partial charge in [0.1, 0.15) is 12.6 Å². The van der Waals surface area contributed by atoms with Crippen LogP contribution in [0.25, 0.3) is 0 Å². The first-order valence-electron chi connectivity index (χ1n) is 9.05. The van der Waals surface area contributed by atoms with Crippen molar-refractivity contribution in [3.8, 4) is 11.5 Å². The molecule has 0 radical (unpaired) electrons. The van der Waals surface area contributed by atoms with Crippen molar-refractivity contribution in [3.05, 3.63) is 23.3 Å². The molecule has 1 heterocycles. The second kappa shape index (κ2) is 8.41. The molecule has 1 fully saturated rings. The molecule has 4 amide bonds. The summed E-state index contributed by atoms with van der Waals surface area (Å²) in [7, 11) is 1.54. The lowest BCUT2D eigenvalue weighted by Crippen LogP contribution is -2.62. The molecule has 0 spiro atoms. The number of methoxy groups -OCH3 is 1. The standard InChI is InChI=1S/C20H26N2O6/c1-11(2)28-17-9-15(7-12(3)19(17)27-6)8-16-20(26)21(13(4)23)10-18(25)22(16)14(5)24/h7,9,11,16H,8,10H2,1-6H3. The number of nitrogens with zero attached hydrogens (tertiary/aromatic N) is 2. The molecule has 1 unspecified atom stereocenters. The zero-order chi connectivity index (χ0) is 21.2. The molecule has 0 N–H and O–H groups in total. The minimum atomic E-state index is -1.08. The van der Waals surface area contributed by atoms with Crippen LogP contribution in [0.5, 0.6) is 11.5 Å². The van der Waals surface area contributed by atoms with Crippen LogP contribution in [0, 0.1) is 6.92 Å². The van der Waals surface area contributed by atoms with E-state index in [1.807, 2.05) is 26.8 Å². The first-order valence-corrected chi connectivity index (χ1v) is 9.05. The van der Waals surface area contributed by atoms with E-state index in [1.165, 1.54) is 13.8 Å². The van der Waals surface area contributed by atoms with Gasteiger partial charge in [0.05, 0.1) is 13.2 Å². The van der Waals surface area contributed by atoms with E-state index in [1.54, 1.807) is 13.2 Å². The largest absolute Gasteiger partial charge is 0.493 e. The van der Waals surface area contributed by atoms with E-state index in [4.69, 9.17) is 9.47 Å². The molecule has 0 bridgehead atoms. The number of carbonyl (C=O) groups excluding carboxylic acids is 4. The zero-order valence-corrected chi connectivity index (χ0v) is 17.1. The number of carbonyl (C=O) groups is 4. The molecular formula is C20H26N2O6. The van der Waals surface area contributed by atoms with Gasteiger partial charge in [0.25, 0.3) is 5.91 Å². The van der Waals surface area contributed by atoms with Gasteiger partial charge in [-0.2, -0.15) is 0 Å². The maximum Gasteiger partial charge on any atom is 0.253 e. The van der Waals surface area contributed by atoms with Crippen molar-refractivity contribution in [1.29, 1.82) is 0 Å². The van der Waals surface area contributed by atoms with Gasteiger partial charge in [-0.05, 0) is 38.0 Å². The van der Waals surface area contributed by atoms with Crippen LogP contribution < -0.4 is 9.47 Å². The van der Waals surface area contributed by atoms with Crippen LogP contribution in [0.4, 0.5) is 0 Å². The average molecular weight is 390 g/mol. The second-order valence-electron chi connectivity index (χ2n) is 7.06. The fourth-order valence-electron chi connectivity index (χ4n) is 3.35. The van der Waals surface area contributed by atoms with E-state index < -0.39 is 36.2 Å². The summed E-state index contributed by atoms with van der Waals surface area (Å²) in [6.45, 7) is 7.63. The van der Waals surface area contributed by atoms with Crippen molar-refractivity contribution >= 4 is 23.6 Å². The van der Waals surface area contributed by atoms with E-state index in [-0.39, 0.29) is 12.5 Å². The maximum atomic E-state index is 12.8. The molecule has 1 aliphatic heterocycles. The normalized spacial score (nSPS) is 17.2. The quantitative estimate of drug-likeness (QED) is 0.756. The van der Waals surface area contributed by atoms with Crippen molar-refractivity contribution < 1.29 is 28.7 Å². The highest BCUT2D eigenvalue weighted by Gasteiger charge is 2.43. The van der Waals surface area contributed by atoms with Crippen molar-refractivity contribution in [2.24, 2.45) is 0 Å². The van der Waals surface area contributed by atoms with Crippen molar-refractivity contribution in [2.45, 2.75) is 53.2 Å². The molecule has 0 saturated carbocycles. The summed E-state index contributed by atoms with van der Waals surface area (Å²) in [5.41, 5.74) is 1.49. The van der Waals surface area contributed by atoms with E-state index >= 15 is 0 Å². The molecule has 1 atom stereocenters. The lowest BCUT2D eigenvalue weighted by molar-refractivity contribution is -0.166. The monoisotopic (exact) mass is 390 g/mol. The summed E-state index contributed by atoms with van der Waals surface area (Å²) in [6.07, 6.45) is -0.0175. The first kappa shape index (κ1) is 21.4. The SMILES string of the molecule is COc1c(C)cc(CC2C(=O)N(C(C)=O)CC(=O)N2C(C)=O)cc1OC(C)C. The summed E-state index contributed by atoms with van der Waals surface area (Å²) in [4.78, 5) is 50.8. The Morgan fingerprint density at radius 2 is 1.82 bits per heavy atom. The van der Waals surface area contributed by atoms with Crippen LogP contribution in [0.15, 0.2) is 12.1 Å². The van der Waals surface area contributed by atoms with E-state index in [0.29, 0.717) is 17.1 Å². The van der Waals surface area contributed by atoms with E-state index in [0.717, 1.165) is 15.4 Å². The lowest BCUT2D eigenvalue weighted by Gasteiger charge is -2.37. The third kappa shape index (κ3) is 4.32. The molecule has 0 aromatic heterocycles. The van der Waals surface area contributed by atoms with E-state index in [9.17, 15) is 19.2 Å². The van der Waals surface area contributed by atoms with Gasteiger partial charge in [0.15, 0.2) is 11.5 Å². The fraction of sp³-hybridized carbons (Fsp3) is 0.500. The van der Waals surface area contributed by atoms with Crippen LogP contribution in [0.2, 0.25) is 0 Å². The van der Waals surface area contributed by atoms with Crippen LogP contribution in [-0.2, 0) is 25.6 Å². The Kier molecular flexibility index (Phi) is 6.43. The third-order valence-electron chi connectivity index (χ3n) is 4.44. The number of hydrogen-bond acceptors (Lipinski definition) is 6. The van der Waals surface area contributed by atoms with Crippen LogP contribution in [0.1, 0.15) is 38.8 Å². The van der Waals surface area contributed by atoms with Crippen LogP contribution in [0.3, 0.4) is 0 Å². The van der Waals surface area contributed by atoms with Gasteiger partial charge in [0.2, 0.25) is 17.7 Å². The Bertz CT molecular complexity index is 817. The van der Waals surface area contributed by atoms with Gasteiger partial charge < -0.3 is 9.47 Å². The molecule has 1 aromatic carbocycles. The van der Waals surface area contributed by atoms with Crippen molar-refractivity contribution in [2.75, 3.05) is 13.7 Å². The Balaban J connectivity index is 2.45. The third-order valence-corrected chi connectivity index (χ3v) is 4.44. The zero-order valence-electron chi connectivity index (χ0n) is 17.1. The number of ether oxygens (including phenoxy) is 2. The second-order valence-corrected chi connectivity index (χ2v) is 7.06. The molecule has 152 valence electrons. The number of aryl methyl sites for hydroxylation is 1. The number of hydrogen-bond donors (Lipinski definition) is 0. The highest BCUT2D eigenvalue weighted by molar-refractivity contribution is 6.09. The predicted molar refractivity (Wildman–Crippen MR) is 101 cm³/mol. The van der Waals surface area contributed by atoms with Crippen LogP contribution >= 0.6 is 0 Å². The summed E-state index contributed by atoms with van der Waals surface area (Å²) < 4.78 is 11.2. The number of imide groups is 2. The fourth-order valence-corrected chi connectivity index (χ4v) is 3.35. The summed E-state index contributed by atoms with van der Waals surface area (Å²) in [5, 5.41) is 0. The molecule has 1 aliphatic rings. The topological polar surface area (TPSA) is 93.2 Å². The van der Waals surface area contributed by atoms with Crippen molar-refractivity contribution in [1.82, 2.24) is 9.80 Å². The summed E-state index contributed by atoms with van der Waals surface area (Å²) in [5.74, 6) is -1.10. The average Bonchev–Trinajstić information content (AvgIpc) is 2.56. The van der Waals surface area contributed by atoms with Gasteiger partial charge in [-0.1, -0.05) is 6.07 Å². The van der Waals surface area contributed by atoms with Gasteiger partial charge in [-0.3, -0.25) is 29.0 Å². The molecule has 8 nitrogen and oxygen atoms in total. The number of benzene rings is 1. The highest BCUT2D eigenvalue weighted by atomic mass is 16.5. The first-order chi connectivity index (χ1) is 13.1. The molecular weight excluding hydrogens is 364 g/mol. The molecule has 0 aliphatic carbocycles. The maximum absolute atomic E-state index is 12.8. The van der Waals surface area contributed by atoms with Gasteiger partial charge in [-0.25, -0.2) is 0 Å². The Morgan fingerprint density at radius 1 is 1.18 bits per heavy atom. The smallest absolute Gasteiger partial charge is 0.253 e. The number of piperazine rings is 1. The molecule has 1 aromatic rings. The van der Waals surface area contributed by atoms with Crippen molar-refractivity contribution in [3.63, 3.8) is 0 Å². The lowest BCUT2D eigenvalue weighted by atomic mass is 9.98. The minimum Gasteiger partial charge on any atom is -0.493 e. The number of amides is 4. The Labute approximate surface area is 164 Å². The Hall–Kier alpha value is -2.90. The minimum absolute atomic E-state index is 0.0766. The van der Waals surface area contributed by atoms with Gasteiger partial charge in [0, 0.05) is 20.3 Å². The predicted octanol–water partition coefficient (Wildman–Crippen LogP) is 1.47. The molecule has 8 heteroatoms. The summed E-state index contributed by atoms with van der Waals surface area (Å²) in [6, 6.07) is 2.46. The summed E-state index contributed by atoms with van der Waals surface area (Å²) >= 11 is 0. The molecule has 2 rings (SSSR count). The van der Waals surface area contributed by atoms with Gasteiger partial charge >= 0.3 is 0 Å². The Morgan fingerprint density at radius 3 is 2.32 bits per heavy atom. The highest BCUT2D eigenvalue weighted by Crippen LogP contribution is 2.34. The van der Waals surface area contributed by atoms with E-state index in [2.05, 4.69) is 0 Å². The molecule has 28 heavy (non-hydrogen) atoms. The van der Waals surface area contributed by atoms with Gasteiger partial charge in [-0.15, -0.1) is 0 Å². The molecule has 1 saturated heterocycles. The van der Waals surface area contributed by atoms with Crippen LogP contribution in [-0.4, -0.2) is 59.2 Å².